The highest BCUT2D eigenvalue weighted by molar-refractivity contribution is 8.00. The summed E-state index contributed by atoms with van der Waals surface area (Å²) in [6, 6.07) is 0. The Hall–Kier alpha value is 0.310. The largest absolute Gasteiger partial charge is 0.325 e. The fraction of sp³-hybridized carbons (Fsp3) is 1.00. The molecule has 1 nitrogen and oxygen atoms in total. The lowest BCUT2D eigenvalue weighted by Crippen LogP contribution is -2.45. The molecule has 1 aliphatic heterocycles. The molecule has 1 heterocycles. The highest BCUT2D eigenvalue weighted by Crippen LogP contribution is 2.54. The van der Waals surface area contributed by atoms with Crippen LogP contribution >= 0.6 is 11.8 Å². The fourth-order valence-electron chi connectivity index (χ4n) is 2.25. The first-order valence-electron chi connectivity index (χ1n) is 4.97. The topological polar surface area (TPSA) is 26.0 Å². The molecule has 2 N–H and O–H groups in total. The van der Waals surface area contributed by atoms with Crippen LogP contribution in [0.1, 0.15) is 39.5 Å². The van der Waals surface area contributed by atoms with E-state index in [1.165, 1.54) is 31.4 Å². The molecule has 2 rings (SSSR count). The van der Waals surface area contributed by atoms with Crippen LogP contribution in [0.4, 0.5) is 0 Å². The summed E-state index contributed by atoms with van der Waals surface area (Å²) < 4.78 is 0. The van der Waals surface area contributed by atoms with Crippen LogP contribution in [-0.2, 0) is 0 Å². The van der Waals surface area contributed by atoms with Gasteiger partial charge in [-0.3, -0.25) is 0 Å². The summed E-state index contributed by atoms with van der Waals surface area (Å²) >= 11 is 2.14. The highest BCUT2D eigenvalue weighted by Gasteiger charge is 2.54. The Morgan fingerprint density at radius 1 is 1.42 bits per heavy atom. The maximum atomic E-state index is 6.29. The number of rotatable bonds is 2. The molecule has 12 heavy (non-hydrogen) atoms. The molecular weight excluding hydrogens is 166 g/mol. The Bertz CT molecular complexity index is 178. The zero-order valence-corrected chi connectivity index (χ0v) is 8.91. The Kier molecular flexibility index (Phi) is 1.96. The van der Waals surface area contributed by atoms with Gasteiger partial charge >= 0.3 is 0 Å². The van der Waals surface area contributed by atoms with E-state index < -0.39 is 0 Å². The van der Waals surface area contributed by atoms with Crippen molar-refractivity contribution in [3.63, 3.8) is 0 Å². The van der Waals surface area contributed by atoms with Crippen LogP contribution in [0.2, 0.25) is 0 Å². The first-order valence-corrected chi connectivity index (χ1v) is 6.02. The van der Waals surface area contributed by atoms with Gasteiger partial charge in [-0.25, -0.2) is 0 Å². The minimum atomic E-state index is 0.189. The highest BCUT2D eigenvalue weighted by atomic mass is 32.2. The SMILES string of the molecule is CC(C)(C1CCCS1)C1(N)CC1. The number of thioether (sulfide) groups is 1. The first kappa shape index (κ1) is 8.89. The van der Waals surface area contributed by atoms with E-state index in [-0.39, 0.29) is 5.54 Å². The number of hydrogen-bond acceptors (Lipinski definition) is 2. The molecule has 0 bridgehead atoms. The third-order valence-corrected chi connectivity index (χ3v) is 5.56. The van der Waals surface area contributed by atoms with Crippen molar-refractivity contribution in [1.29, 1.82) is 0 Å². The summed E-state index contributed by atoms with van der Waals surface area (Å²) in [6.07, 6.45) is 5.28. The van der Waals surface area contributed by atoms with Gasteiger partial charge in [0.15, 0.2) is 0 Å². The molecule has 2 aliphatic rings. The average Bonchev–Trinajstić information content (AvgIpc) is 2.59. The molecule has 0 aromatic rings. The van der Waals surface area contributed by atoms with Crippen LogP contribution in [-0.4, -0.2) is 16.5 Å². The fourth-order valence-corrected chi connectivity index (χ4v) is 3.85. The van der Waals surface area contributed by atoms with Gasteiger partial charge in [-0.05, 0) is 36.9 Å². The minimum absolute atomic E-state index is 0.189. The maximum Gasteiger partial charge on any atom is 0.0218 e. The van der Waals surface area contributed by atoms with E-state index >= 15 is 0 Å². The lowest BCUT2D eigenvalue weighted by molar-refractivity contribution is 0.253. The molecular formula is C10H19NS. The predicted molar refractivity (Wildman–Crippen MR) is 55.4 cm³/mol. The van der Waals surface area contributed by atoms with Gasteiger partial charge in [0.25, 0.3) is 0 Å². The first-order chi connectivity index (χ1) is 5.56. The average molecular weight is 185 g/mol. The van der Waals surface area contributed by atoms with Gasteiger partial charge in [-0.2, -0.15) is 11.8 Å². The van der Waals surface area contributed by atoms with Crippen molar-refractivity contribution in [2.75, 3.05) is 5.75 Å². The third kappa shape index (κ3) is 1.20. The van der Waals surface area contributed by atoms with E-state index in [0.29, 0.717) is 5.41 Å². The zero-order chi connectivity index (χ0) is 8.82. The summed E-state index contributed by atoms with van der Waals surface area (Å²) in [6.45, 7) is 4.73. The van der Waals surface area contributed by atoms with Gasteiger partial charge < -0.3 is 5.73 Å². The molecule has 0 radical (unpaired) electrons. The van der Waals surface area contributed by atoms with Gasteiger partial charge in [-0.1, -0.05) is 13.8 Å². The van der Waals surface area contributed by atoms with E-state index in [0.717, 1.165) is 5.25 Å². The third-order valence-electron chi connectivity index (χ3n) is 3.81. The van der Waals surface area contributed by atoms with Gasteiger partial charge in [0.2, 0.25) is 0 Å². The molecule has 1 unspecified atom stereocenters. The molecule has 0 spiro atoms. The predicted octanol–water partition coefficient (Wildman–Crippen LogP) is 2.40. The lowest BCUT2D eigenvalue weighted by atomic mass is 9.77. The molecule has 1 saturated heterocycles. The van der Waals surface area contributed by atoms with Gasteiger partial charge in [0, 0.05) is 10.8 Å². The molecule has 1 aliphatic carbocycles. The molecule has 0 aromatic carbocycles. The Morgan fingerprint density at radius 3 is 2.50 bits per heavy atom. The van der Waals surface area contributed by atoms with Crippen molar-refractivity contribution in [3.05, 3.63) is 0 Å². The summed E-state index contributed by atoms with van der Waals surface area (Å²) in [7, 11) is 0. The van der Waals surface area contributed by atoms with Gasteiger partial charge in [0.1, 0.15) is 0 Å². The van der Waals surface area contributed by atoms with Crippen molar-refractivity contribution in [2.45, 2.75) is 50.3 Å². The minimum Gasteiger partial charge on any atom is -0.325 e. The van der Waals surface area contributed by atoms with E-state index in [1.54, 1.807) is 0 Å². The van der Waals surface area contributed by atoms with E-state index in [9.17, 15) is 0 Å². The monoisotopic (exact) mass is 185 g/mol. The molecule has 1 atom stereocenters. The van der Waals surface area contributed by atoms with Gasteiger partial charge in [-0.15, -0.1) is 0 Å². The number of hydrogen-bond donors (Lipinski definition) is 1. The zero-order valence-electron chi connectivity index (χ0n) is 8.10. The summed E-state index contributed by atoms with van der Waals surface area (Å²) in [5, 5.41) is 0.824. The smallest absolute Gasteiger partial charge is 0.0218 e. The van der Waals surface area contributed by atoms with Crippen LogP contribution in [0.3, 0.4) is 0 Å². The Balaban J connectivity index is 2.08. The molecule has 2 fully saturated rings. The van der Waals surface area contributed by atoms with Crippen LogP contribution in [0.25, 0.3) is 0 Å². The normalized spacial score (nSPS) is 33.8. The molecule has 70 valence electrons. The van der Waals surface area contributed by atoms with E-state index in [1.807, 2.05) is 0 Å². The van der Waals surface area contributed by atoms with Crippen molar-refractivity contribution < 1.29 is 0 Å². The van der Waals surface area contributed by atoms with Crippen molar-refractivity contribution in [3.8, 4) is 0 Å². The quantitative estimate of drug-likeness (QED) is 0.715. The van der Waals surface area contributed by atoms with E-state index in [4.69, 9.17) is 5.73 Å². The molecule has 0 amide bonds. The summed E-state index contributed by atoms with van der Waals surface area (Å²) in [5.41, 5.74) is 6.85. The van der Waals surface area contributed by atoms with Crippen molar-refractivity contribution in [2.24, 2.45) is 11.1 Å². The summed E-state index contributed by atoms with van der Waals surface area (Å²) in [5.74, 6) is 1.35. The summed E-state index contributed by atoms with van der Waals surface area (Å²) in [4.78, 5) is 0. The van der Waals surface area contributed by atoms with Crippen LogP contribution in [0.15, 0.2) is 0 Å². The second-order valence-electron chi connectivity index (χ2n) is 4.88. The standard InChI is InChI=1S/C10H19NS/c1-9(2,10(11)5-6-10)8-4-3-7-12-8/h8H,3-7,11H2,1-2H3. The van der Waals surface area contributed by atoms with Crippen molar-refractivity contribution in [1.82, 2.24) is 0 Å². The van der Waals surface area contributed by atoms with Crippen LogP contribution in [0, 0.1) is 5.41 Å². The second kappa shape index (κ2) is 2.65. The van der Waals surface area contributed by atoms with Crippen molar-refractivity contribution >= 4 is 11.8 Å². The number of nitrogens with two attached hydrogens (primary N) is 1. The second-order valence-corrected chi connectivity index (χ2v) is 6.19. The Morgan fingerprint density at radius 2 is 2.08 bits per heavy atom. The Labute approximate surface area is 79.5 Å². The van der Waals surface area contributed by atoms with Gasteiger partial charge in [0.05, 0.1) is 0 Å². The van der Waals surface area contributed by atoms with Crippen LogP contribution < -0.4 is 5.73 Å². The molecule has 0 aromatic heterocycles. The molecule has 1 saturated carbocycles. The van der Waals surface area contributed by atoms with Crippen LogP contribution in [0.5, 0.6) is 0 Å². The maximum absolute atomic E-state index is 6.29. The molecule has 2 heteroatoms. The lowest BCUT2D eigenvalue weighted by Gasteiger charge is -2.37. The van der Waals surface area contributed by atoms with E-state index in [2.05, 4.69) is 25.6 Å².